The molecule has 1 aromatic heterocycles. The summed E-state index contributed by atoms with van der Waals surface area (Å²) >= 11 is 7.47. The van der Waals surface area contributed by atoms with Gasteiger partial charge in [0.2, 0.25) is 0 Å². The predicted molar refractivity (Wildman–Crippen MR) is 54.9 cm³/mol. The van der Waals surface area contributed by atoms with E-state index in [9.17, 15) is 0 Å². The maximum absolute atomic E-state index is 5.89. The third kappa shape index (κ3) is 1.17. The molecule has 0 saturated carbocycles. The van der Waals surface area contributed by atoms with E-state index >= 15 is 0 Å². The van der Waals surface area contributed by atoms with Crippen molar-refractivity contribution in [2.24, 2.45) is 4.36 Å². The van der Waals surface area contributed by atoms with E-state index in [1.165, 1.54) is 9.90 Å². The Hall–Kier alpha value is -0.100. The van der Waals surface area contributed by atoms with E-state index in [0.717, 1.165) is 4.34 Å². The van der Waals surface area contributed by atoms with Gasteiger partial charge in [0.05, 0.1) is 9.23 Å². The van der Waals surface area contributed by atoms with Gasteiger partial charge in [0.15, 0.2) is 0 Å². The summed E-state index contributed by atoms with van der Waals surface area (Å²) < 4.78 is 5.04. The van der Waals surface area contributed by atoms with E-state index in [2.05, 4.69) is 9.19 Å². The minimum atomic E-state index is -0.192. The molecule has 2 rings (SSSR count). The van der Waals surface area contributed by atoms with Gasteiger partial charge in [-0.2, -0.15) is 4.83 Å². The fraction of sp³-hybridized carbons (Fsp3) is 0.333. The van der Waals surface area contributed by atoms with Gasteiger partial charge >= 0.3 is 0 Å². The number of fused-ring (bicyclic) bond motifs is 1. The Morgan fingerprint density at radius 3 is 3.17 bits per heavy atom. The molecule has 0 bridgehead atoms. The van der Waals surface area contributed by atoms with E-state index in [0.29, 0.717) is 0 Å². The zero-order valence-corrected chi connectivity index (χ0v) is 9.06. The van der Waals surface area contributed by atoms with Crippen molar-refractivity contribution in [2.45, 2.75) is 4.90 Å². The molecule has 0 spiro atoms. The van der Waals surface area contributed by atoms with Crippen LogP contribution in [0.15, 0.2) is 15.3 Å². The molecule has 3 nitrogen and oxygen atoms in total. The van der Waals surface area contributed by atoms with Crippen LogP contribution in [0.1, 0.15) is 0 Å². The van der Waals surface area contributed by atoms with Gasteiger partial charge in [0.1, 0.15) is 5.00 Å². The monoisotopic (exact) mass is 221 g/mol. The summed E-state index contributed by atoms with van der Waals surface area (Å²) in [7, 11) is 3.59. The molecule has 0 saturated heterocycles. The first kappa shape index (κ1) is 8.50. The van der Waals surface area contributed by atoms with Crippen molar-refractivity contribution in [3.8, 4) is 0 Å². The van der Waals surface area contributed by atoms with Crippen LogP contribution in [0.4, 0.5) is 5.00 Å². The molecule has 12 heavy (non-hydrogen) atoms. The van der Waals surface area contributed by atoms with Crippen LogP contribution in [0.2, 0.25) is 4.34 Å². The van der Waals surface area contributed by atoms with E-state index in [4.69, 9.17) is 11.6 Å². The summed E-state index contributed by atoms with van der Waals surface area (Å²) in [4.78, 5) is 4.43. The van der Waals surface area contributed by atoms with E-state index < -0.39 is 0 Å². The SMILES string of the molecule is CN=S1NN(C)c2sc(Cl)cc21. The molecule has 0 aliphatic carbocycles. The average molecular weight is 222 g/mol. The van der Waals surface area contributed by atoms with Crippen molar-refractivity contribution in [2.75, 3.05) is 19.1 Å². The van der Waals surface area contributed by atoms with Crippen LogP contribution >= 0.6 is 22.9 Å². The molecule has 0 aromatic carbocycles. The van der Waals surface area contributed by atoms with Crippen LogP contribution < -0.4 is 9.84 Å². The van der Waals surface area contributed by atoms with Crippen LogP contribution in [0.3, 0.4) is 0 Å². The van der Waals surface area contributed by atoms with Gasteiger partial charge in [-0.3, -0.25) is 5.01 Å². The lowest BCUT2D eigenvalue weighted by Gasteiger charge is -2.08. The zero-order chi connectivity index (χ0) is 8.72. The summed E-state index contributed by atoms with van der Waals surface area (Å²) in [6.45, 7) is 0. The Kier molecular flexibility index (Phi) is 2.12. The predicted octanol–water partition coefficient (Wildman–Crippen LogP) is 2.06. The van der Waals surface area contributed by atoms with Crippen LogP contribution in [-0.2, 0) is 10.9 Å². The number of thiophene rings is 1. The number of hydrogen-bond donors (Lipinski definition) is 1. The highest BCUT2D eigenvalue weighted by atomic mass is 35.5. The van der Waals surface area contributed by atoms with Crippen LogP contribution in [-0.4, -0.2) is 14.1 Å². The van der Waals surface area contributed by atoms with Gasteiger partial charge in [0.25, 0.3) is 0 Å². The summed E-state index contributed by atoms with van der Waals surface area (Å²) in [6, 6.07) is 1.98. The van der Waals surface area contributed by atoms with Gasteiger partial charge in [0, 0.05) is 25.0 Å². The molecular weight excluding hydrogens is 214 g/mol. The number of hydrazine groups is 1. The second kappa shape index (κ2) is 2.99. The smallest absolute Gasteiger partial charge is 0.123 e. The average Bonchev–Trinajstić information content (AvgIpc) is 2.52. The maximum Gasteiger partial charge on any atom is 0.123 e. The van der Waals surface area contributed by atoms with Crippen LogP contribution in [0, 0.1) is 0 Å². The minimum Gasteiger partial charge on any atom is -0.290 e. The highest BCUT2D eigenvalue weighted by Gasteiger charge is 2.23. The third-order valence-electron chi connectivity index (χ3n) is 1.57. The molecular formula is C6H8ClN3S2. The number of nitrogens with zero attached hydrogens (tertiary/aromatic N) is 2. The van der Waals surface area contributed by atoms with E-state index in [1.807, 2.05) is 25.2 Å². The molecule has 6 heteroatoms. The molecule has 1 atom stereocenters. The molecule has 1 aliphatic rings. The second-order valence-electron chi connectivity index (χ2n) is 2.34. The lowest BCUT2D eigenvalue weighted by atomic mass is 10.6. The Bertz CT molecular complexity index is 347. The molecule has 1 aromatic rings. The van der Waals surface area contributed by atoms with Crippen molar-refractivity contribution in [1.82, 2.24) is 4.83 Å². The van der Waals surface area contributed by atoms with Gasteiger partial charge in [-0.1, -0.05) is 11.6 Å². The summed E-state index contributed by atoms with van der Waals surface area (Å²) in [5, 5.41) is 3.15. The van der Waals surface area contributed by atoms with E-state index in [1.54, 1.807) is 11.3 Å². The highest BCUT2D eigenvalue weighted by molar-refractivity contribution is 7.86. The Morgan fingerprint density at radius 2 is 2.50 bits per heavy atom. The van der Waals surface area contributed by atoms with Gasteiger partial charge in [-0.05, 0) is 6.07 Å². The van der Waals surface area contributed by atoms with Crippen molar-refractivity contribution < 1.29 is 0 Å². The quantitative estimate of drug-likeness (QED) is 0.727. The summed E-state index contributed by atoms with van der Waals surface area (Å²) in [5.41, 5.74) is 0. The molecule has 1 unspecified atom stereocenters. The number of anilines is 1. The fourth-order valence-corrected chi connectivity index (χ4v) is 3.92. The van der Waals surface area contributed by atoms with Gasteiger partial charge in [-0.25, -0.2) is 4.36 Å². The third-order valence-corrected chi connectivity index (χ3v) is 4.58. The standard InChI is InChI=1S/C6H8ClN3S2/c1-8-12-4-3-5(7)11-6(4)10(2)9-12/h3H,1-2H3,(H,8,9). The van der Waals surface area contributed by atoms with Crippen molar-refractivity contribution >= 4 is 38.8 Å². The summed E-state index contributed by atoms with van der Waals surface area (Å²) in [6.07, 6.45) is 0. The van der Waals surface area contributed by atoms with Gasteiger partial charge in [-0.15, -0.1) is 11.3 Å². The van der Waals surface area contributed by atoms with Gasteiger partial charge < -0.3 is 0 Å². The topological polar surface area (TPSA) is 27.6 Å². The Balaban J connectivity index is 2.56. The largest absolute Gasteiger partial charge is 0.290 e. The molecule has 0 radical (unpaired) electrons. The Morgan fingerprint density at radius 1 is 1.75 bits per heavy atom. The first-order chi connectivity index (χ1) is 5.72. The van der Waals surface area contributed by atoms with E-state index in [-0.39, 0.29) is 10.9 Å². The molecule has 66 valence electrons. The number of rotatable bonds is 0. The lowest BCUT2D eigenvalue weighted by Crippen LogP contribution is -2.28. The number of halogens is 1. The molecule has 1 aliphatic heterocycles. The molecule has 0 amide bonds. The van der Waals surface area contributed by atoms with Crippen molar-refractivity contribution in [3.05, 3.63) is 10.4 Å². The Labute approximate surface area is 82.5 Å². The van der Waals surface area contributed by atoms with Crippen molar-refractivity contribution in [1.29, 1.82) is 0 Å². The molecule has 2 heterocycles. The lowest BCUT2D eigenvalue weighted by molar-refractivity contribution is 0.959. The first-order valence-electron chi connectivity index (χ1n) is 3.36. The zero-order valence-electron chi connectivity index (χ0n) is 6.67. The van der Waals surface area contributed by atoms with Crippen LogP contribution in [0.5, 0.6) is 0 Å². The highest BCUT2D eigenvalue weighted by Crippen LogP contribution is 2.39. The fourth-order valence-electron chi connectivity index (χ4n) is 1.07. The second-order valence-corrected chi connectivity index (χ2v) is 5.56. The normalized spacial score (nSPS) is 21.9. The minimum absolute atomic E-state index is 0.192. The number of nitrogens with one attached hydrogen (secondary N) is 1. The molecule has 1 N–H and O–H groups in total. The number of hydrogen-bond acceptors (Lipinski definition) is 3. The maximum atomic E-state index is 5.89. The first-order valence-corrected chi connectivity index (χ1v) is 5.73. The van der Waals surface area contributed by atoms with Crippen molar-refractivity contribution in [3.63, 3.8) is 0 Å². The van der Waals surface area contributed by atoms with Crippen LogP contribution in [0.25, 0.3) is 0 Å². The summed E-state index contributed by atoms with van der Waals surface area (Å²) in [5.74, 6) is 0. The molecule has 0 fully saturated rings.